The van der Waals surface area contributed by atoms with Gasteiger partial charge in [0.05, 0.1) is 6.33 Å². The van der Waals surface area contributed by atoms with Gasteiger partial charge < -0.3 is 14.0 Å². The Hall–Kier alpha value is -2.27. The molecule has 3 rings (SSSR count). The topological polar surface area (TPSA) is 114 Å². The van der Waals surface area contributed by atoms with Crippen LogP contribution in [0.15, 0.2) is 22.1 Å². The molecule has 1 unspecified atom stereocenters. The highest BCUT2D eigenvalue weighted by atomic mass is 32.2. The van der Waals surface area contributed by atoms with Crippen LogP contribution in [0.4, 0.5) is 0 Å². The number of nitrogens with zero attached hydrogens (tertiary/aromatic N) is 6. The minimum Gasteiger partial charge on any atom is -0.340 e. The molecule has 10 nitrogen and oxygen atoms in total. The first-order valence-corrected chi connectivity index (χ1v) is 10.3. The summed E-state index contributed by atoms with van der Waals surface area (Å²) >= 11 is 0. The quantitative estimate of drug-likeness (QED) is 0.692. The Bertz CT molecular complexity index is 906. The predicted molar refractivity (Wildman–Crippen MR) is 95.1 cm³/mol. The van der Waals surface area contributed by atoms with Crippen LogP contribution >= 0.6 is 0 Å². The molecule has 0 radical (unpaired) electrons. The summed E-state index contributed by atoms with van der Waals surface area (Å²) in [5, 5.41) is 3.88. The molecule has 1 aliphatic heterocycles. The largest absolute Gasteiger partial charge is 0.340 e. The van der Waals surface area contributed by atoms with Crippen LogP contribution in [0.5, 0.6) is 0 Å². The first-order chi connectivity index (χ1) is 12.8. The highest BCUT2D eigenvalue weighted by Crippen LogP contribution is 2.22. The molecule has 0 aromatic carbocycles. The number of aromatic nitrogens is 4. The van der Waals surface area contributed by atoms with Gasteiger partial charge in [-0.2, -0.15) is 9.29 Å². The number of amides is 1. The zero-order valence-corrected chi connectivity index (χ0v) is 16.5. The summed E-state index contributed by atoms with van der Waals surface area (Å²) in [5.74, 6) is 0.912. The zero-order chi connectivity index (χ0) is 19.6. The van der Waals surface area contributed by atoms with Crippen LogP contribution in [0.25, 0.3) is 0 Å². The van der Waals surface area contributed by atoms with Crippen molar-refractivity contribution in [2.24, 2.45) is 7.05 Å². The van der Waals surface area contributed by atoms with Crippen molar-refractivity contribution in [2.75, 3.05) is 19.6 Å². The maximum absolute atomic E-state index is 12.8. The lowest BCUT2D eigenvalue weighted by atomic mass is 10.1. The SMILES string of the molecule is CC(=O)N(CCc1noc(C)n1)C1CCCN(S(=O)(=O)c2cn(C)cn2)C1. The van der Waals surface area contributed by atoms with Crippen LogP contribution in [-0.2, 0) is 28.3 Å². The number of carbonyl (C=O) groups excluding carboxylic acids is 1. The monoisotopic (exact) mass is 396 g/mol. The Balaban J connectivity index is 1.71. The number of hydrogen-bond acceptors (Lipinski definition) is 7. The number of sulfonamides is 1. The van der Waals surface area contributed by atoms with Gasteiger partial charge in [-0.1, -0.05) is 5.16 Å². The minimum absolute atomic E-state index is 0.0299. The Labute approximate surface area is 158 Å². The van der Waals surface area contributed by atoms with E-state index in [9.17, 15) is 13.2 Å². The number of piperidine rings is 1. The van der Waals surface area contributed by atoms with Gasteiger partial charge in [0.1, 0.15) is 0 Å². The molecule has 1 amide bonds. The van der Waals surface area contributed by atoms with Gasteiger partial charge in [0, 0.05) is 59.2 Å². The molecule has 0 N–H and O–H groups in total. The van der Waals surface area contributed by atoms with E-state index in [-0.39, 0.29) is 23.5 Å². The van der Waals surface area contributed by atoms with Crippen LogP contribution in [0.2, 0.25) is 0 Å². The van der Waals surface area contributed by atoms with Crippen LogP contribution < -0.4 is 0 Å². The molecule has 1 fully saturated rings. The predicted octanol–water partition coefficient (Wildman–Crippen LogP) is 0.356. The standard InChI is InChI=1S/C16H24N6O4S/c1-12-18-15(19-26-12)6-8-22(13(2)23)14-5-4-7-21(9-14)27(24,25)16-10-20(3)11-17-16/h10-11,14H,4-9H2,1-3H3. The van der Waals surface area contributed by atoms with E-state index in [0.717, 1.165) is 6.42 Å². The van der Waals surface area contributed by atoms with Gasteiger partial charge in [-0.25, -0.2) is 13.4 Å². The molecule has 0 spiro atoms. The molecule has 0 bridgehead atoms. The molecular formula is C16H24N6O4S. The van der Waals surface area contributed by atoms with Gasteiger partial charge >= 0.3 is 0 Å². The van der Waals surface area contributed by atoms with E-state index in [2.05, 4.69) is 15.1 Å². The molecular weight excluding hydrogens is 372 g/mol. The Kier molecular flexibility index (Phi) is 5.61. The molecule has 11 heteroatoms. The third-order valence-corrected chi connectivity index (χ3v) is 6.39. The van der Waals surface area contributed by atoms with E-state index < -0.39 is 10.0 Å². The van der Waals surface area contributed by atoms with E-state index in [1.54, 1.807) is 23.4 Å². The van der Waals surface area contributed by atoms with Crippen LogP contribution in [0.3, 0.4) is 0 Å². The molecule has 0 aliphatic carbocycles. The normalized spacial score (nSPS) is 18.6. The summed E-state index contributed by atoms with van der Waals surface area (Å²) in [7, 11) is -1.95. The fourth-order valence-electron chi connectivity index (χ4n) is 3.31. The van der Waals surface area contributed by atoms with E-state index in [1.807, 2.05) is 0 Å². The van der Waals surface area contributed by atoms with Crippen LogP contribution in [-0.4, -0.2) is 68.9 Å². The fraction of sp³-hybridized carbons (Fsp3) is 0.625. The molecule has 2 aromatic rings. The van der Waals surface area contributed by atoms with E-state index >= 15 is 0 Å². The molecule has 2 aromatic heterocycles. The number of carbonyl (C=O) groups is 1. The molecule has 1 aliphatic rings. The van der Waals surface area contributed by atoms with Crippen molar-refractivity contribution in [3.05, 3.63) is 24.2 Å². The minimum atomic E-state index is -3.67. The first kappa shape index (κ1) is 19.5. The van der Waals surface area contributed by atoms with Crippen molar-refractivity contribution in [1.82, 2.24) is 28.9 Å². The smallest absolute Gasteiger partial charge is 0.262 e. The third-order valence-electron chi connectivity index (χ3n) is 4.64. The highest BCUT2D eigenvalue weighted by Gasteiger charge is 2.34. The summed E-state index contributed by atoms with van der Waals surface area (Å²) in [6, 6.07) is -0.192. The fourth-order valence-corrected chi connectivity index (χ4v) is 4.79. The first-order valence-electron chi connectivity index (χ1n) is 8.82. The molecule has 1 atom stereocenters. The van der Waals surface area contributed by atoms with Crippen molar-refractivity contribution in [3.8, 4) is 0 Å². The van der Waals surface area contributed by atoms with Crippen molar-refractivity contribution in [2.45, 2.75) is 44.2 Å². The average Bonchev–Trinajstić information content (AvgIpc) is 3.24. The maximum Gasteiger partial charge on any atom is 0.262 e. The summed E-state index contributed by atoms with van der Waals surface area (Å²) in [5.41, 5.74) is 0. The summed E-state index contributed by atoms with van der Waals surface area (Å²) in [4.78, 5) is 22.0. The van der Waals surface area contributed by atoms with Crippen molar-refractivity contribution in [1.29, 1.82) is 0 Å². The van der Waals surface area contributed by atoms with Gasteiger partial charge in [-0.15, -0.1) is 0 Å². The summed E-state index contributed by atoms with van der Waals surface area (Å²) in [6.07, 6.45) is 4.84. The van der Waals surface area contributed by atoms with E-state index in [4.69, 9.17) is 4.52 Å². The molecule has 27 heavy (non-hydrogen) atoms. The summed E-state index contributed by atoms with van der Waals surface area (Å²) in [6.45, 7) is 4.29. The number of aryl methyl sites for hydroxylation is 2. The third kappa shape index (κ3) is 4.35. The molecule has 3 heterocycles. The van der Waals surface area contributed by atoms with Gasteiger partial charge in [0.2, 0.25) is 11.8 Å². The van der Waals surface area contributed by atoms with Crippen molar-refractivity contribution >= 4 is 15.9 Å². The van der Waals surface area contributed by atoms with Crippen molar-refractivity contribution < 1.29 is 17.7 Å². The van der Waals surface area contributed by atoms with Gasteiger partial charge in [0.15, 0.2) is 10.9 Å². The highest BCUT2D eigenvalue weighted by molar-refractivity contribution is 7.89. The second kappa shape index (κ2) is 7.77. The van der Waals surface area contributed by atoms with Gasteiger partial charge in [0.25, 0.3) is 10.0 Å². The lowest BCUT2D eigenvalue weighted by Crippen LogP contribution is -2.51. The number of hydrogen-bond donors (Lipinski definition) is 0. The van der Waals surface area contributed by atoms with Gasteiger partial charge in [-0.3, -0.25) is 4.79 Å². The van der Waals surface area contributed by atoms with Gasteiger partial charge in [-0.05, 0) is 12.8 Å². The van der Waals surface area contributed by atoms with Crippen molar-refractivity contribution in [3.63, 3.8) is 0 Å². The van der Waals surface area contributed by atoms with E-state index in [0.29, 0.717) is 37.6 Å². The van der Waals surface area contributed by atoms with E-state index in [1.165, 1.54) is 23.8 Å². The van der Waals surface area contributed by atoms with Crippen LogP contribution in [0.1, 0.15) is 31.5 Å². The Morgan fingerprint density at radius 3 is 2.81 bits per heavy atom. The number of imidazole rings is 1. The Morgan fingerprint density at radius 2 is 2.22 bits per heavy atom. The lowest BCUT2D eigenvalue weighted by Gasteiger charge is -2.38. The number of rotatable bonds is 6. The van der Waals surface area contributed by atoms with Crippen LogP contribution in [0, 0.1) is 6.92 Å². The second-order valence-electron chi connectivity index (χ2n) is 6.73. The average molecular weight is 396 g/mol. The molecule has 148 valence electrons. The second-order valence-corrected chi connectivity index (χ2v) is 8.61. The lowest BCUT2D eigenvalue weighted by molar-refractivity contribution is -0.131. The maximum atomic E-state index is 12.8. The Morgan fingerprint density at radius 1 is 1.44 bits per heavy atom. The molecule has 1 saturated heterocycles. The summed E-state index contributed by atoms with van der Waals surface area (Å²) < 4.78 is 33.6. The zero-order valence-electron chi connectivity index (χ0n) is 15.7. The molecule has 0 saturated carbocycles.